The van der Waals surface area contributed by atoms with Gasteiger partial charge in [-0.2, -0.15) is 57.1 Å². The molecule has 0 aromatic heterocycles. The van der Waals surface area contributed by atoms with Gasteiger partial charge in [0.15, 0.2) is 11.0 Å². The summed E-state index contributed by atoms with van der Waals surface area (Å²) in [5.41, 5.74) is -9.56. The molecule has 1 fully saturated rings. The molecule has 0 saturated carbocycles. The number of alkyl halides is 13. The molecular weight excluding hydrogens is 479 g/mol. The predicted octanol–water partition coefficient (Wildman–Crippen LogP) is 4.75. The van der Waals surface area contributed by atoms with Gasteiger partial charge in [0.2, 0.25) is 6.10 Å². The first kappa shape index (κ1) is 27.5. The molecule has 4 atom stereocenters. The Kier molecular flexibility index (Phi) is 6.20. The van der Waals surface area contributed by atoms with E-state index in [0.717, 1.165) is 0 Å². The van der Waals surface area contributed by atoms with Gasteiger partial charge in [0.05, 0.1) is 0 Å². The molecule has 4 nitrogen and oxygen atoms in total. The molecule has 1 aliphatic heterocycles. The van der Waals surface area contributed by atoms with Crippen LogP contribution in [0.3, 0.4) is 0 Å². The van der Waals surface area contributed by atoms with Crippen LogP contribution in [-0.2, 0) is 14.3 Å². The fourth-order valence-electron chi connectivity index (χ4n) is 2.47. The van der Waals surface area contributed by atoms with Crippen molar-refractivity contribution >= 4 is 5.97 Å². The lowest BCUT2D eigenvalue weighted by Crippen LogP contribution is -2.83. The van der Waals surface area contributed by atoms with E-state index in [1.165, 1.54) is 0 Å². The molecule has 17 heteroatoms. The first-order chi connectivity index (χ1) is 13.3. The van der Waals surface area contributed by atoms with Gasteiger partial charge in [-0.05, 0) is 20.3 Å². The van der Waals surface area contributed by atoms with Crippen LogP contribution in [0.2, 0.25) is 0 Å². The second-order valence-corrected chi connectivity index (χ2v) is 7.00. The molecule has 0 amide bonds. The monoisotopic (exact) mass is 492 g/mol. The van der Waals surface area contributed by atoms with Crippen LogP contribution in [-0.4, -0.2) is 58.9 Å². The topological polar surface area (TPSA) is 55.8 Å². The molecule has 0 aliphatic carbocycles. The van der Waals surface area contributed by atoms with Crippen LogP contribution in [0.15, 0.2) is 0 Å². The van der Waals surface area contributed by atoms with Gasteiger partial charge in [-0.1, -0.05) is 6.92 Å². The largest absolute Gasteiger partial charge is 0.462 e. The molecule has 4 unspecified atom stereocenters. The first-order valence-electron chi connectivity index (χ1n) is 7.87. The summed E-state index contributed by atoms with van der Waals surface area (Å²) in [5, 5.41) is 9.40. The van der Waals surface area contributed by atoms with Crippen LogP contribution < -0.4 is 0 Å². The van der Waals surface area contributed by atoms with E-state index in [1.807, 2.05) is 0 Å². The third-order valence-corrected chi connectivity index (χ3v) is 4.98. The van der Waals surface area contributed by atoms with Crippen molar-refractivity contribution in [2.45, 2.75) is 75.1 Å². The number of carbonyl (C=O) groups excluding carboxylic acids is 1. The van der Waals surface area contributed by atoms with Gasteiger partial charge >= 0.3 is 42.1 Å². The molecular formula is C14H13F13O4. The van der Waals surface area contributed by atoms with Gasteiger partial charge < -0.3 is 14.6 Å². The number of hydrogen-bond acceptors (Lipinski definition) is 4. The van der Waals surface area contributed by atoms with Crippen molar-refractivity contribution in [2.24, 2.45) is 5.41 Å². The number of ether oxygens (including phenoxy) is 2. The lowest BCUT2D eigenvalue weighted by atomic mass is 9.78. The highest BCUT2D eigenvalue weighted by atomic mass is 19.4. The summed E-state index contributed by atoms with van der Waals surface area (Å²) >= 11 is 0. The van der Waals surface area contributed by atoms with E-state index in [0.29, 0.717) is 6.92 Å². The van der Waals surface area contributed by atoms with E-state index in [-0.39, 0.29) is 6.92 Å². The Morgan fingerprint density at radius 3 is 1.71 bits per heavy atom. The van der Waals surface area contributed by atoms with Crippen molar-refractivity contribution in [2.75, 3.05) is 0 Å². The molecule has 31 heavy (non-hydrogen) atoms. The number of aliphatic hydroxyl groups is 1. The Bertz CT molecular complexity index is 708. The van der Waals surface area contributed by atoms with E-state index in [9.17, 15) is 67.0 Å². The fourth-order valence-corrected chi connectivity index (χ4v) is 2.47. The van der Waals surface area contributed by atoms with Crippen molar-refractivity contribution in [1.29, 1.82) is 0 Å². The number of carbonyl (C=O) groups is 1. The Morgan fingerprint density at radius 1 is 1.00 bits per heavy atom. The highest BCUT2D eigenvalue weighted by molar-refractivity contribution is 5.78. The fraction of sp³-hybridized carbons (Fsp3) is 0.929. The van der Waals surface area contributed by atoms with Crippen LogP contribution in [0.25, 0.3) is 0 Å². The van der Waals surface area contributed by atoms with Crippen molar-refractivity contribution in [1.82, 2.24) is 0 Å². The summed E-state index contributed by atoms with van der Waals surface area (Å²) in [5.74, 6) is -22.4. The molecule has 1 N–H and O–H groups in total. The molecule has 0 aromatic carbocycles. The van der Waals surface area contributed by atoms with E-state index in [1.54, 1.807) is 0 Å². The lowest BCUT2D eigenvalue weighted by Gasteiger charge is -2.55. The molecule has 0 spiro atoms. The van der Waals surface area contributed by atoms with Gasteiger partial charge in [0.1, 0.15) is 0 Å². The average Bonchev–Trinajstić information content (AvgIpc) is 2.52. The maximum absolute atomic E-state index is 14.5. The van der Waals surface area contributed by atoms with E-state index >= 15 is 0 Å². The Hall–Kier alpha value is -1.52. The zero-order valence-corrected chi connectivity index (χ0v) is 15.4. The quantitative estimate of drug-likeness (QED) is 0.457. The number of halogens is 13. The first-order valence-corrected chi connectivity index (χ1v) is 7.87. The lowest BCUT2D eigenvalue weighted by molar-refractivity contribution is -0.530. The van der Waals surface area contributed by atoms with Gasteiger partial charge in [0.25, 0.3) is 0 Å². The second kappa shape index (κ2) is 6.99. The highest BCUT2D eigenvalue weighted by Gasteiger charge is 2.92. The van der Waals surface area contributed by atoms with Crippen molar-refractivity contribution in [3.8, 4) is 0 Å². The molecule has 1 aliphatic rings. The molecule has 184 valence electrons. The summed E-state index contributed by atoms with van der Waals surface area (Å²) in [6.45, 7) is -0.433. The van der Waals surface area contributed by atoms with Crippen LogP contribution in [0.4, 0.5) is 57.1 Å². The second-order valence-electron chi connectivity index (χ2n) is 7.00. The van der Waals surface area contributed by atoms with Crippen molar-refractivity contribution < 1.29 is 76.5 Å². The predicted molar refractivity (Wildman–Crippen MR) is 70.8 cm³/mol. The molecule has 0 radical (unpaired) electrons. The average molecular weight is 492 g/mol. The Morgan fingerprint density at radius 2 is 1.42 bits per heavy atom. The Labute approximate surface area is 164 Å². The minimum absolute atomic E-state index is 0.131. The van der Waals surface area contributed by atoms with Crippen molar-refractivity contribution in [3.05, 3.63) is 0 Å². The van der Waals surface area contributed by atoms with E-state index in [2.05, 4.69) is 9.47 Å². The third kappa shape index (κ3) is 3.60. The molecule has 1 saturated heterocycles. The van der Waals surface area contributed by atoms with Crippen molar-refractivity contribution in [3.63, 3.8) is 0 Å². The van der Waals surface area contributed by atoms with Crippen LogP contribution in [0, 0.1) is 5.41 Å². The van der Waals surface area contributed by atoms with E-state index in [4.69, 9.17) is 0 Å². The summed E-state index contributed by atoms with van der Waals surface area (Å²) in [6.07, 6.45) is -26.0. The molecule has 1 heterocycles. The van der Waals surface area contributed by atoms with Gasteiger partial charge in [-0.15, -0.1) is 0 Å². The van der Waals surface area contributed by atoms with Crippen LogP contribution in [0.5, 0.6) is 0 Å². The number of esters is 1. The minimum atomic E-state index is -7.03. The van der Waals surface area contributed by atoms with Crippen LogP contribution in [0.1, 0.15) is 27.2 Å². The van der Waals surface area contributed by atoms with Gasteiger partial charge in [-0.25, -0.2) is 0 Å². The maximum Gasteiger partial charge on any atom is 0.462 e. The molecule has 0 bridgehead atoms. The third-order valence-electron chi connectivity index (χ3n) is 4.98. The zero-order chi connectivity index (χ0) is 25.3. The number of rotatable bonds is 3. The molecule has 0 aromatic rings. The minimum Gasteiger partial charge on any atom is -0.417 e. The summed E-state index contributed by atoms with van der Waals surface area (Å²) in [7, 11) is 0. The standard InChI is InChI=1S/C14H13F13O4/c1-4-7(2,13(22,23)24)6(28)31-12(14(25,26)27)11(20,21)8(3,29)9(15,16)5(30-12)10(17,18)19/h5,29H,4H2,1-3H3. The summed E-state index contributed by atoms with van der Waals surface area (Å²) < 4.78 is 182. The smallest absolute Gasteiger partial charge is 0.417 e. The zero-order valence-electron chi connectivity index (χ0n) is 15.4. The summed E-state index contributed by atoms with van der Waals surface area (Å²) in [6, 6.07) is 0. The van der Waals surface area contributed by atoms with Gasteiger partial charge in [-0.3, -0.25) is 4.79 Å². The summed E-state index contributed by atoms with van der Waals surface area (Å²) in [4.78, 5) is 11.9. The Balaban J connectivity index is 3.88. The number of hydrogen-bond donors (Lipinski definition) is 1. The van der Waals surface area contributed by atoms with Crippen LogP contribution >= 0.6 is 0 Å². The van der Waals surface area contributed by atoms with E-state index < -0.39 is 72.6 Å². The van der Waals surface area contributed by atoms with Gasteiger partial charge in [0, 0.05) is 0 Å². The SMILES string of the molecule is CCC(C)(C(=O)OC1(C(F)(F)F)OC(C(F)(F)F)C(F)(F)C(C)(O)C1(F)F)C(F)(F)F. The molecule has 1 rings (SSSR count). The highest BCUT2D eigenvalue weighted by Crippen LogP contribution is 2.62. The normalized spacial score (nSPS) is 33.5. The maximum atomic E-state index is 14.5.